The largest absolute Gasteiger partial charge is 0.392 e. The molecule has 1 heterocycles. The van der Waals surface area contributed by atoms with Gasteiger partial charge in [-0.1, -0.05) is 11.6 Å². The van der Waals surface area contributed by atoms with Gasteiger partial charge in [0.1, 0.15) is 0 Å². The molecule has 0 radical (unpaired) electrons. The van der Waals surface area contributed by atoms with Crippen LogP contribution in [0.25, 0.3) is 0 Å². The molecule has 1 aliphatic rings. The van der Waals surface area contributed by atoms with Crippen molar-refractivity contribution in [3.05, 3.63) is 29.0 Å². The van der Waals surface area contributed by atoms with Gasteiger partial charge in [-0.15, -0.1) is 0 Å². The fraction of sp³-hybridized carbons (Fsp3) is 0.615. The highest BCUT2D eigenvalue weighted by Crippen LogP contribution is 2.38. The molecule has 100 valence electrons. The predicted octanol–water partition coefficient (Wildman–Crippen LogP) is 3.46. The van der Waals surface area contributed by atoms with E-state index in [2.05, 4.69) is 4.98 Å². The number of aliphatic hydroxyl groups excluding tert-OH is 1. The molecule has 1 unspecified atom stereocenters. The maximum absolute atomic E-state index is 13.0. The molecule has 0 amide bonds. The molecule has 1 atom stereocenters. The van der Waals surface area contributed by atoms with E-state index in [1.54, 1.807) is 12.3 Å². The Balaban J connectivity index is 1.93. The van der Waals surface area contributed by atoms with Crippen LogP contribution in [-0.2, 0) is 6.42 Å². The van der Waals surface area contributed by atoms with Gasteiger partial charge in [0, 0.05) is 31.7 Å². The lowest BCUT2D eigenvalue weighted by molar-refractivity contribution is -0.0619. The first-order valence-electron chi connectivity index (χ1n) is 6.12. The minimum Gasteiger partial charge on any atom is -0.392 e. The smallest absolute Gasteiger partial charge is 0.248 e. The molecule has 0 aromatic carbocycles. The lowest BCUT2D eigenvalue weighted by Gasteiger charge is -2.31. The van der Waals surface area contributed by atoms with Gasteiger partial charge in [-0.2, -0.15) is 0 Å². The van der Waals surface area contributed by atoms with Gasteiger partial charge in [0.2, 0.25) is 5.92 Å². The van der Waals surface area contributed by atoms with Crippen LogP contribution in [0.15, 0.2) is 18.5 Å². The zero-order chi connectivity index (χ0) is 13.2. The minimum atomic E-state index is -2.55. The zero-order valence-electron chi connectivity index (χ0n) is 9.95. The fourth-order valence-corrected chi connectivity index (χ4v) is 2.61. The molecule has 1 saturated carbocycles. The van der Waals surface area contributed by atoms with Crippen molar-refractivity contribution < 1.29 is 13.9 Å². The molecule has 1 aliphatic carbocycles. The first kappa shape index (κ1) is 13.7. The monoisotopic (exact) mass is 275 g/mol. The molecule has 2 nitrogen and oxygen atoms in total. The summed E-state index contributed by atoms with van der Waals surface area (Å²) >= 11 is 5.96. The molecule has 0 aliphatic heterocycles. The van der Waals surface area contributed by atoms with Crippen LogP contribution < -0.4 is 0 Å². The van der Waals surface area contributed by atoms with Crippen LogP contribution in [-0.4, -0.2) is 22.1 Å². The van der Waals surface area contributed by atoms with Crippen LogP contribution in [0.3, 0.4) is 0 Å². The number of rotatable bonds is 3. The third-order valence-corrected chi connectivity index (χ3v) is 3.93. The van der Waals surface area contributed by atoms with Gasteiger partial charge in [-0.3, -0.25) is 4.98 Å². The van der Waals surface area contributed by atoms with Crippen molar-refractivity contribution in [2.45, 2.75) is 44.1 Å². The number of aromatic nitrogens is 1. The second kappa shape index (κ2) is 5.49. The van der Waals surface area contributed by atoms with E-state index in [1.807, 2.05) is 0 Å². The van der Waals surface area contributed by atoms with E-state index in [9.17, 15) is 13.9 Å². The predicted molar refractivity (Wildman–Crippen MR) is 65.9 cm³/mol. The van der Waals surface area contributed by atoms with E-state index < -0.39 is 12.0 Å². The molecule has 0 spiro atoms. The summed E-state index contributed by atoms with van der Waals surface area (Å²) in [5, 5.41) is 10.6. The van der Waals surface area contributed by atoms with E-state index in [-0.39, 0.29) is 18.8 Å². The Morgan fingerprint density at radius 1 is 1.44 bits per heavy atom. The summed E-state index contributed by atoms with van der Waals surface area (Å²) in [5.41, 5.74) is 0.816. The number of hydrogen-bond donors (Lipinski definition) is 1. The van der Waals surface area contributed by atoms with E-state index in [0.29, 0.717) is 24.3 Å². The molecule has 1 N–H and O–H groups in total. The van der Waals surface area contributed by atoms with Gasteiger partial charge in [0.05, 0.1) is 11.1 Å². The van der Waals surface area contributed by atoms with E-state index in [0.717, 1.165) is 5.56 Å². The Morgan fingerprint density at radius 2 is 2.11 bits per heavy atom. The summed E-state index contributed by atoms with van der Waals surface area (Å²) in [5.74, 6) is -2.61. The number of nitrogens with zero attached hydrogens (tertiary/aromatic N) is 1. The molecule has 0 saturated heterocycles. The number of pyridine rings is 1. The van der Waals surface area contributed by atoms with Gasteiger partial charge in [0.25, 0.3) is 0 Å². The average molecular weight is 276 g/mol. The SMILES string of the molecule is OC(Cc1ccncc1Cl)C1CCC(F)(F)CC1. The van der Waals surface area contributed by atoms with Crippen molar-refractivity contribution in [2.75, 3.05) is 0 Å². The van der Waals surface area contributed by atoms with Crippen molar-refractivity contribution >= 4 is 11.6 Å². The number of aliphatic hydroxyl groups is 1. The first-order chi connectivity index (χ1) is 8.48. The summed E-state index contributed by atoms with van der Waals surface area (Å²) in [7, 11) is 0. The first-order valence-corrected chi connectivity index (χ1v) is 6.50. The minimum absolute atomic E-state index is 0.0612. The highest BCUT2D eigenvalue weighted by Gasteiger charge is 2.37. The summed E-state index contributed by atoms with van der Waals surface area (Å²) in [4.78, 5) is 3.87. The van der Waals surface area contributed by atoms with Gasteiger partial charge < -0.3 is 5.11 Å². The molecule has 0 bridgehead atoms. The number of halogens is 3. The molecule has 18 heavy (non-hydrogen) atoms. The van der Waals surface area contributed by atoms with Crippen molar-refractivity contribution in [3.8, 4) is 0 Å². The molecular formula is C13H16ClF2NO. The van der Waals surface area contributed by atoms with E-state index in [1.165, 1.54) is 6.20 Å². The van der Waals surface area contributed by atoms with Crippen molar-refractivity contribution in [3.63, 3.8) is 0 Å². The van der Waals surface area contributed by atoms with Crippen LogP contribution in [0.2, 0.25) is 5.02 Å². The summed E-state index contributed by atoms with van der Waals surface area (Å²) < 4.78 is 26.0. The van der Waals surface area contributed by atoms with Gasteiger partial charge in [-0.25, -0.2) is 8.78 Å². The zero-order valence-corrected chi connectivity index (χ0v) is 10.7. The van der Waals surface area contributed by atoms with Crippen LogP contribution in [0, 0.1) is 5.92 Å². The maximum Gasteiger partial charge on any atom is 0.248 e. The Labute approximate surface area is 110 Å². The number of hydrogen-bond acceptors (Lipinski definition) is 2. The van der Waals surface area contributed by atoms with Crippen LogP contribution in [0.4, 0.5) is 8.78 Å². The molecule has 1 fully saturated rings. The highest BCUT2D eigenvalue weighted by atomic mass is 35.5. The van der Waals surface area contributed by atoms with Crippen molar-refractivity contribution in [1.82, 2.24) is 4.98 Å². The Kier molecular flexibility index (Phi) is 4.17. The third kappa shape index (κ3) is 3.39. The normalized spacial score (nSPS) is 21.8. The summed E-state index contributed by atoms with van der Waals surface area (Å²) in [6.07, 6.45) is 3.42. The van der Waals surface area contributed by atoms with Crippen LogP contribution in [0.1, 0.15) is 31.2 Å². The molecular weight excluding hydrogens is 260 g/mol. The third-order valence-electron chi connectivity index (χ3n) is 3.59. The summed E-state index contributed by atoms with van der Waals surface area (Å²) in [6, 6.07) is 1.75. The Morgan fingerprint density at radius 3 is 2.72 bits per heavy atom. The summed E-state index contributed by atoms with van der Waals surface area (Å²) in [6.45, 7) is 0. The van der Waals surface area contributed by atoms with Gasteiger partial charge in [-0.05, 0) is 30.4 Å². The van der Waals surface area contributed by atoms with E-state index >= 15 is 0 Å². The maximum atomic E-state index is 13.0. The van der Waals surface area contributed by atoms with Gasteiger partial charge >= 0.3 is 0 Å². The van der Waals surface area contributed by atoms with Gasteiger partial charge in [0.15, 0.2) is 0 Å². The Hall–Kier alpha value is -0.740. The standard InChI is InChI=1S/C13H16ClF2NO/c14-11-8-17-6-3-10(11)7-12(18)9-1-4-13(15,16)5-2-9/h3,6,8-9,12,18H,1-2,4-5,7H2. The van der Waals surface area contributed by atoms with Crippen LogP contribution >= 0.6 is 11.6 Å². The van der Waals surface area contributed by atoms with Crippen molar-refractivity contribution in [2.24, 2.45) is 5.92 Å². The van der Waals surface area contributed by atoms with E-state index in [4.69, 9.17) is 11.6 Å². The quantitative estimate of drug-likeness (QED) is 0.916. The average Bonchev–Trinajstić information content (AvgIpc) is 2.32. The van der Waals surface area contributed by atoms with Crippen LogP contribution in [0.5, 0.6) is 0 Å². The molecule has 1 aromatic heterocycles. The molecule has 2 rings (SSSR count). The second-order valence-corrected chi connectivity index (χ2v) is 5.34. The number of alkyl halides is 2. The lowest BCUT2D eigenvalue weighted by atomic mass is 9.81. The fourth-order valence-electron chi connectivity index (χ4n) is 2.41. The highest BCUT2D eigenvalue weighted by molar-refractivity contribution is 6.31. The topological polar surface area (TPSA) is 33.1 Å². The van der Waals surface area contributed by atoms with Crippen molar-refractivity contribution in [1.29, 1.82) is 0 Å². The Bertz CT molecular complexity index is 404. The second-order valence-electron chi connectivity index (χ2n) is 4.93. The molecule has 1 aromatic rings. The lowest BCUT2D eigenvalue weighted by Crippen LogP contribution is -2.32. The molecule has 5 heteroatoms.